The highest BCUT2D eigenvalue weighted by molar-refractivity contribution is 9.10. The van der Waals surface area contributed by atoms with Gasteiger partial charge in [-0.1, -0.05) is 0 Å². The molecule has 0 fully saturated rings. The maximum atomic E-state index is 5.26. The van der Waals surface area contributed by atoms with Gasteiger partial charge in [0.1, 0.15) is 10.4 Å². The Morgan fingerprint density at radius 1 is 1.64 bits per heavy atom. The van der Waals surface area contributed by atoms with Gasteiger partial charge in [-0.25, -0.2) is 4.98 Å². The van der Waals surface area contributed by atoms with E-state index in [1.807, 2.05) is 19.9 Å². The van der Waals surface area contributed by atoms with Crippen LogP contribution in [0.5, 0.6) is 5.75 Å². The first-order valence-corrected chi connectivity index (χ1v) is 4.28. The highest BCUT2D eigenvalue weighted by Gasteiger charge is 1.97. The summed E-state index contributed by atoms with van der Waals surface area (Å²) < 4.78 is 6.13. The molecule has 0 aliphatic carbocycles. The molecule has 0 aliphatic rings. The highest BCUT2D eigenvalue weighted by atomic mass is 79.9. The minimum Gasteiger partial charge on any atom is -0.492 e. The third-order valence-electron chi connectivity index (χ3n) is 1.30. The van der Waals surface area contributed by atoms with E-state index in [4.69, 9.17) is 4.74 Å². The predicted molar refractivity (Wildman–Crippen MR) is 47.8 cm³/mol. The molecule has 1 rings (SSSR count). The molecule has 1 aromatic heterocycles. The minimum absolute atomic E-state index is 0.683. The molecule has 0 N–H and O–H groups in total. The molecule has 0 radical (unpaired) electrons. The van der Waals surface area contributed by atoms with Crippen molar-refractivity contribution in [2.24, 2.45) is 0 Å². The fourth-order valence-corrected chi connectivity index (χ4v) is 0.995. The third-order valence-corrected chi connectivity index (χ3v) is 2.13. The lowest BCUT2D eigenvalue weighted by Gasteiger charge is -2.03. The van der Waals surface area contributed by atoms with Crippen LogP contribution in [0.2, 0.25) is 0 Å². The van der Waals surface area contributed by atoms with E-state index in [0.717, 1.165) is 15.9 Å². The molecule has 11 heavy (non-hydrogen) atoms. The van der Waals surface area contributed by atoms with Crippen molar-refractivity contribution in [1.82, 2.24) is 4.98 Å². The molecule has 1 aromatic rings. The molecule has 0 saturated heterocycles. The summed E-state index contributed by atoms with van der Waals surface area (Å²) in [5.41, 5.74) is 1.09. The fraction of sp³-hybridized carbons (Fsp3) is 0.375. The Bertz CT molecular complexity index is 250. The van der Waals surface area contributed by atoms with Crippen LogP contribution in [0.1, 0.15) is 12.5 Å². The van der Waals surface area contributed by atoms with Crippen molar-refractivity contribution in [1.29, 1.82) is 0 Å². The van der Waals surface area contributed by atoms with Crippen molar-refractivity contribution in [2.45, 2.75) is 13.8 Å². The Labute approximate surface area is 74.7 Å². The van der Waals surface area contributed by atoms with Crippen molar-refractivity contribution in [3.63, 3.8) is 0 Å². The quantitative estimate of drug-likeness (QED) is 0.708. The van der Waals surface area contributed by atoms with Crippen molar-refractivity contribution in [3.8, 4) is 5.75 Å². The molecule has 0 amide bonds. The molecule has 2 nitrogen and oxygen atoms in total. The van der Waals surface area contributed by atoms with Gasteiger partial charge >= 0.3 is 0 Å². The van der Waals surface area contributed by atoms with E-state index in [1.54, 1.807) is 6.20 Å². The van der Waals surface area contributed by atoms with Gasteiger partial charge < -0.3 is 4.74 Å². The lowest BCUT2D eigenvalue weighted by molar-refractivity contribution is 0.338. The molecule has 0 unspecified atom stereocenters. The lowest BCUT2D eigenvalue weighted by Crippen LogP contribution is -1.93. The number of hydrogen-bond donors (Lipinski definition) is 0. The van der Waals surface area contributed by atoms with Crippen molar-refractivity contribution in [2.75, 3.05) is 6.61 Å². The molecule has 1 heterocycles. The number of nitrogens with zero attached hydrogens (tertiary/aromatic N) is 1. The van der Waals surface area contributed by atoms with E-state index in [1.165, 1.54) is 0 Å². The maximum absolute atomic E-state index is 5.26. The first-order chi connectivity index (χ1) is 5.24. The van der Waals surface area contributed by atoms with Gasteiger partial charge in [-0.15, -0.1) is 0 Å². The van der Waals surface area contributed by atoms with Gasteiger partial charge in [-0.05, 0) is 41.4 Å². The summed E-state index contributed by atoms with van der Waals surface area (Å²) in [4.78, 5) is 4.09. The molecular formula is C8H10BrNO. The van der Waals surface area contributed by atoms with Crippen LogP contribution in [-0.4, -0.2) is 11.6 Å². The zero-order valence-corrected chi connectivity index (χ0v) is 8.18. The molecular weight excluding hydrogens is 206 g/mol. The summed E-state index contributed by atoms with van der Waals surface area (Å²) >= 11 is 3.31. The molecule has 3 heteroatoms. The number of rotatable bonds is 2. The van der Waals surface area contributed by atoms with Crippen LogP contribution >= 0.6 is 15.9 Å². The van der Waals surface area contributed by atoms with Gasteiger partial charge in [0.15, 0.2) is 0 Å². The van der Waals surface area contributed by atoms with Crippen LogP contribution in [0.15, 0.2) is 16.9 Å². The summed E-state index contributed by atoms with van der Waals surface area (Å²) in [6, 6.07) is 1.96. The number of aromatic nitrogens is 1. The average molecular weight is 216 g/mol. The smallest absolute Gasteiger partial charge is 0.137 e. The normalized spacial score (nSPS) is 9.73. The Morgan fingerprint density at radius 3 is 2.91 bits per heavy atom. The number of halogens is 1. The van der Waals surface area contributed by atoms with Gasteiger partial charge in [-0.2, -0.15) is 0 Å². The van der Waals surface area contributed by atoms with E-state index in [0.29, 0.717) is 6.61 Å². The predicted octanol–water partition coefficient (Wildman–Crippen LogP) is 2.55. The first kappa shape index (κ1) is 8.53. The summed E-state index contributed by atoms with van der Waals surface area (Å²) in [7, 11) is 0. The van der Waals surface area contributed by atoms with Gasteiger partial charge in [-0.3, -0.25) is 0 Å². The van der Waals surface area contributed by atoms with E-state index in [9.17, 15) is 0 Å². The Kier molecular flexibility index (Phi) is 2.88. The van der Waals surface area contributed by atoms with Crippen LogP contribution < -0.4 is 4.74 Å². The second kappa shape index (κ2) is 3.72. The Balaban J connectivity index is 2.86. The summed E-state index contributed by atoms with van der Waals surface area (Å²) in [6.45, 7) is 4.62. The maximum Gasteiger partial charge on any atom is 0.137 e. The molecule has 0 aromatic carbocycles. The van der Waals surface area contributed by atoms with Crippen LogP contribution in [0, 0.1) is 6.92 Å². The summed E-state index contributed by atoms with van der Waals surface area (Å²) in [6.07, 6.45) is 1.71. The van der Waals surface area contributed by atoms with Gasteiger partial charge in [0, 0.05) is 0 Å². The van der Waals surface area contributed by atoms with Crippen molar-refractivity contribution in [3.05, 3.63) is 22.4 Å². The van der Waals surface area contributed by atoms with E-state index in [-0.39, 0.29) is 0 Å². The molecule has 0 saturated carbocycles. The monoisotopic (exact) mass is 215 g/mol. The zero-order valence-electron chi connectivity index (χ0n) is 6.60. The largest absolute Gasteiger partial charge is 0.492 e. The second-order valence-corrected chi connectivity index (χ2v) is 2.96. The topological polar surface area (TPSA) is 22.1 Å². The van der Waals surface area contributed by atoms with Crippen LogP contribution in [0.3, 0.4) is 0 Å². The summed E-state index contributed by atoms with van der Waals surface area (Å²) in [5, 5.41) is 0. The molecule has 0 spiro atoms. The minimum atomic E-state index is 0.683. The van der Waals surface area contributed by atoms with E-state index < -0.39 is 0 Å². The number of ether oxygens (including phenoxy) is 1. The summed E-state index contributed by atoms with van der Waals surface area (Å²) in [5.74, 6) is 0.827. The number of hydrogen-bond acceptors (Lipinski definition) is 2. The zero-order chi connectivity index (χ0) is 8.27. The standard InChI is InChI=1S/C8H10BrNO/c1-3-11-7-4-6(2)8(9)10-5-7/h4-5H,3H2,1-2H3. The number of pyridine rings is 1. The van der Waals surface area contributed by atoms with Crippen LogP contribution in [0.25, 0.3) is 0 Å². The van der Waals surface area contributed by atoms with E-state index >= 15 is 0 Å². The van der Waals surface area contributed by atoms with Crippen LogP contribution in [0.4, 0.5) is 0 Å². The molecule has 0 bridgehead atoms. The van der Waals surface area contributed by atoms with Gasteiger partial charge in [0.2, 0.25) is 0 Å². The van der Waals surface area contributed by atoms with Gasteiger partial charge in [0.25, 0.3) is 0 Å². The Hall–Kier alpha value is -0.570. The van der Waals surface area contributed by atoms with Crippen LogP contribution in [-0.2, 0) is 0 Å². The lowest BCUT2D eigenvalue weighted by atomic mass is 10.3. The van der Waals surface area contributed by atoms with Crippen molar-refractivity contribution >= 4 is 15.9 Å². The first-order valence-electron chi connectivity index (χ1n) is 3.49. The second-order valence-electron chi connectivity index (χ2n) is 2.21. The Morgan fingerprint density at radius 2 is 2.36 bits per heavy atom. The third kappa shape index (κ3) is 2.19. The van der Waals surface area contributed by atoms with Gasteiger partial charge in [0.05, 0.1) is 12.8 Å². The number of aryl methyl sites for hydroxylation is 1. The van der Waals surface area contributed by atoms with Crippen molar-refractivity contribution < 1.29 is 4.74 Å². The molecule has 0 aliphatic heterocycles. The highest BCUT2D eigenvalue weighted by Crippen LogP contribution is 2.17. The molecule has 0 atom stereocenters. The average Bonchev–Trinajstić information content (AvgIpc) is 1.98. The SMILES string of the molecule is CCOc1cnc(Br)c(C)c1. The van der Waals surface area contributed by atoms with E-state index in [2.05, 4.69) is 20.9 Å². The fourth-order valence-electron chi connectivity index (χ4n) is 0.778. The molecule has 60 valence electrons.